The Morgan fingerprint density at radius 2 is 1.95 bits per heavy atom. The summed E-state index contributed by atoms with van der Waals surface area (Å²) in [4.78, 5) is 12.0. The maximum Gasteiger partial charge on any atom is 0.328 e. The topological polar surface area (TPSA) is 67.6 Å². The Bertz CT molecular complexity index is 1420. The molecule has 0 amide bonds. The molecule has 214 valence electrons. The van der Waals surface area contributed by atoms with E-state index in [0.717, 1.165) is 48.4 Å². The predicted molar refractivity (Wildman–Crippen MR) is 139 cm³/mol. The summed E-state index contributed by atoms with van der Waals surface area (Å²) in [6.07, 6.45) is 2.55. The third kappa shape index (κ3) is 5.49. The number of fused-ring (bicyclic) bond motifs is 3. The fraction of sp³-hybridized carbons (Fsp3) is 0.448. The number of alkyl halides is 3. The molecule has 2 aromatic carbocycles. The number of hydrogen-bond acceptors (Lipinski definition) is 4. The van der Waals surface area contributed by atoms with E-state index in [1.165, 1.54) is 13.8 Å². The van der Waals surface area contributed by atoms with Crippen molar-refractivity contribution in [3.63, 3.8) is 0 Å². The van der Waals surface area contributed by atoms with Gasteiger partial charge >= 0.3 is 5.97 Å². The van der Waals surface area contributed by atoms with Gasteiger partial charge in [0.05, 0.1) is 23.8 Å². The summed E-state index contributed by atoms with van der Waals surface area (Å²) in [6.45, 7) is 2.54. The van der Waals surface area contributed by atoms with Gasteiger partial charge in [-0.05, 0) is 80.5 Å². The molecule has 0 bridgehead atoms. The minimum Gasteiger partial charge on any atom is -0.478 e. The van der Waals surface area contributed by atoms with E-state index in [0.29, 0.717) is 28.6 Å². The minimum atomic E-state index is -2.94. The number of halogens is 5. The maximum absolute atomic E-state index is 15.6. The van der Waals surface area contributed by atoms with Crippen molar-refractivity contribution in [3.8, 4) is 0 Å². The van der Waals surface area contributed by atoms with E-state index in [-0.39, 0.29) is 18.2 Å². The van der Waals surface area contributed by atoms with Crippen molar-refractivity contribution in [2.75, 3.05) is 13.2 Å². The van der Waals surface area contributed by atoms with Gasteiger partial charge in [0.2, 0.25) is 0 Å². The molecule has 11 heteroatoms. The number of ether oxygens (including phenoxy) is 1. The molecule has 1 N–H and O–H groups in total. The number of benzene rings is 2. The monoisotopic (exact) mass is 563 g/mol. The normalized spacial score (nSPS) is 22.4. The standard InChI is InChI=1S/C29H30F5N3O3/c1-29(2,34)15-36-23(28(32)33)13-18-17(7-8-22-19(18)14-35-37(22)24-5-3-4-10-40-24)27(36)26-20(30)11-16(12-21(26)31)6-9-25(38)39/h6-9,11-12,14,23-24,27-28H,3-5,10,13,15H2,1-2H3,(H,38,39)/b9-6+. The molecule has 3 aromatic rings. The third-order valence-electron chi connectivity index (χ3n) is 7.46. The Morgan fingerprint density at radius 1 is 1.23 bits per heavy atom. The molecule has 2 aliphatic heterocycles. The first-order valence-corrected chi connectivity index (χ1v) is 13.2. The van der Waals surface area contributed by atoms with Crippen LogP contribution in [0.5, 0.6) is 0 Å². The molecule has 1 saturated heterocycles. The van der Waals surface area contributed by atoms with Crippen LogP contribution < -0.4 is 0 Å². The zero-order chi connectivity index (χ0) is 28.8. The highest BCUT2D eigenvalue weighted by atomic mass is 19.3. The van der Waals surface area contributed by atoms with Gasteiger partial charge in [0.15, 0.2) is 6.23 Å². The molecule has 3 heterocycles. The average Bonchev–Trinajstić information content (AvgIpc) is 3.32. The van der Waals surface area contributed by atoms with Gasteiger partial charge in [-0.15, -0.1) is 0 Å². The van der Waals surface area contributed by atoms with Crippen LogP contribution in [0.15, 0.2) is 36.5 Å². The third-order valence-corrected chi connectivity index (χ3v) is 7.46. The van der Waals surface area contributed by atoms with E-state index in [9.17, 15) is 13.6 Å². The van der Waals surface area contributed by atoms with E-state index in [1.807, 2.05) is 0 Å². The molecule has 0 saturated carbocycles. The van der Waals surface area contributed by atoms with Crippen LogP contribution in [0.3, 0.4) is 0 Å². The van der Waals surface area contributed by atoms with Crippen molar-refractivity contribution in [1.29, 1.82) is 0 Å². The number of rotatable bonds is 7. The number of aliphatic carboxylic acids is 1. The first-order chi connectivity index (χ1) is 18.9. The molecule has 3 unspecified atom stereocenters. The van der Waals surface area contributed by atoms with Crippen LogP contribution in [0.4, 0.5) is 22.0 Å². The largest absolute Gasteiger partial charge is 0.478 e. The second-order valence-electron chi connectivity index (χ2n) is 10.9. The molecular formula is C29H30F5N3O3. The molecule has 3 atom stereocenters. The fourth-order valence-corrected chi connectivity index (χ4v) is 5.85. The molecule has 0 radical (unpaired) electrons. The molecule has 0 aliphatic carbocycles. The maximum atomic E-state index is 15.6. The summed E-state index contributed by atoms with van der Waals surface area (Å²) in [5.74, 6) is -3.40. The Hall–Kier alpha value is -3.31. The highest BCUT2D eigenvalue weighted by Crippen LogP contribution is 2.45. The van der Waals surface area contributed by atoms with Gasteiger partial charge in [0.1, 0.15) is 17.3 Å². The van der Waals surface area contributed by atoms with Crippen molar-refractivity contribution in [2.45, 2.75) is 69.9 Å². The van der Waals surface area contributed by atoms with Crippen molar-refractivity contribution in [2.24, 2.45) is 0 Å². The quantitative estimate of drug-likeness (QED) is 0.265. The van der Waals surface area contributed by atoms with Gasteiger partial charge in [0, 0.05) is 30.2 Å². The zero-order valence-electron chi connectivity index (χ0n) is 22.1. The van der Waals surface area contributed by atoms with E-state index in [1.54, 1.807) is 23.0 Å². The van der Waals surface area contributed by atoms with Crippen LogP contribution in [0.2, 0.25) is 0 Å². The number of nitrogens with zero attached hydrogens (tertiary/aromatic N) is 3. The highest BCUT2D eigenvalue weighted by molar-refractivity contribution is 5.85. The van der Waals surface area contributed by atoms with E-state index in [2.05, 4.69) is 5.10 Å². The predicted octanol–water partition coefficient (Wildman–Crippen LogP) is 6.44. The van der Waals surface area contributed by atoms with Gasteiger partial charge in [-0.2, -0.15) is 5.10 Å². The average molecular weight is 564 g/mol. The molecule has 1 fully saturated rings. The lowest BCUT2D eigenvalue weighted by atomic mass is 9.82. The van der Waals surface area contributed by atoms with Crippen LogP contribution in [0.1, 0.15) is 67.6 Å². The molecule has 2 aliphatic rings. The summed E-state index contributed by atoms with van der Waals surface area (Å²) in [5, 5.41) is 13.9. The van der Waals surface area contributed by atoms with Gasteiger partial charge in [-0.3, -0.25) is 4.90 Å². The van der Waals surface area contributed by atoms with E-state index < -0.39 is 53.9 Å². The zero-order valence-corrected chi connectivity index (χ0v) is 22.1. The first-order valence-electron chi connectivity index (χ1n) is 13.2. The number of carbonyl (C=O) groups is 1. The summed E-state index contributed by atoms with van der Waals surface area (Å²) >= 11 is 0. The van der Waals surface area contributed by atoms with Gasteiger partial charge < -0.3 is 9.84 Å². The summed E-state index contributed by atoms with van der Waals surface area (Å²) in [5.41, 5.74) is -1.00. The number of hydrogen-bond donors (Lipinski definition) is 1. The smallest absolute Gasteiger partial charge is 0.328 e. The van der Waals surface area contributed by atoms with Crippen LogP contribution >= 0.6 is 0 Å². The van der Waals surface area contributed by atoms with E-state index >= 15 is 13.2 Å². The lowest BCUT2D eigenvalue weighted by Gasteiger charge is -2.45. The summed E-state index contributed by atoms with van der Waals surface area (Å²) < 4.78 is 83.1. The Labute approximate surface area is 228 Å². The molecule has 1 aromatic heterocycles. The second-order valence-corrected chi connectivity index (χ2v) is 10.9. The van der Waals surface area contributed by atoms with Crippen LogP contribution in [0, 0.1) is 11.6 Å². The minimum absolute atomic E-state index is 0.0517. The second kappa shape index (κ2) is 10.9. The SMILES string of the molecule is CC(C)(F)CN1C(c2c(F)cc(/C=C/C(=O)O)cc2F)c2ccc3c(cnn3C3CCCCO3)c2CC1C(F)F. The Balaban J connectivity index is 1.70. The highest BCUT2D eigenvalue weighted by Gasteiger charge is 2.44. The van der Waals surface area contributed by atoms with E-state index in [4.69, 9.17) is 9.84 Å². The van der Waals surface area contributed by atoms with Crippen molar-refractivity contribution < 1.29 is 36.6 Å². The molecule has 0 spiro atoms. The molecular weight excluding hydrogens is 533 g/mol. The molecule has 40 heavy (non-hydrogen) atoms. The Kier molecular flexibility index (Phi) is 7.71. The lowest BCUT2D eigenvalue weighted by molar-refractivity contribution is -0.131. The number of carboxylic acid groups (broad SMARTS) is 1. The summed E-state index contributed by atoms with van der Waals surface area (Å²) in [6, 6.07) is 2.36. The lowest BCUT2D eigenvalue weighted by Crippen LogP contribution is -2.52. The van der Waals surface area contributed by atoms with Gasteiger partial charge in [0.25, 0.3) is 6.43 Å². The number of carboxylic acids is 1. The van der Waals surface area contributed by atoms with Crippen LogP contribution in [-0.4, -0.2) is 57.0 Å². The van der Waals surface area contributed by atoms with Gasteiger partial charge in [-0.1, -0.05) is 6.07 Å². The van der Waals surface area contributed by atoms with Crippen LogP contribution in [0.25, 0.3) is 17.0 Å². The van der Waals surface area contributed by atoms with Crippen molar-refractivity contribution in [3.05, 3.63) is 70.4 Å². The Morgan fingerprint density at radius 3 is 2.55 bits per heavy atom. The van der Waals surface area contributed by atoms with Crippen LogP contribution in [-0.2, 0) is 16.0 Å². The molecule has 5 rings (SSSR count). The number of aromatic nitrogens is 2. The summed E-state index contributed by atoms with van der Waals surface area (Å²) in [7, 11) is 0. The molecule has 6 nitrogen and oxygen atoms in total. The fourth-order valence-electron chi connectivity index (χ4n) is 5.85. The first kappa shape index (κ1) is 28.2. The van der Waals surface area contributed by atoms with Crippen molar-refractivity contribution in [1.82, 2.24) is 14.7 Å². The van der Waals surface area contributed by atoms with Gasteiger partial charge in [-0.25, -0.2) is 31.4 Å². The van der Waals surface area contributed by atoms with Crippen molar-refractivity contribution >= 4 is 22.9 Å².